The van der Waals surface area contributed by atoms with Crippen LogP contribution in [0, 0.1) is 5.82 Å². The van der Waals surface area contributed by atoms with Crippen molar-refractivity contribution in [3.63, 3.8) is 0 Å². The van der Waals surface area contributed by atoms with Crippen molar-refractivity contribution < 1.29 is 19.0 Å². The number of hydrogen-bond acceptors (Lipinski definition) is 6. The van der Waals surface area contributed by atoms with Crippen LogP contribution in [0.4, 0.5) is 10.1 Å². The molecule has 4 aromatic rings. The normalized spacial score (nSPS) is 15.2. The SMILES string of the molecule is O=C(N/N=C/c1c[nH]c2ccccc12)c1ccc(OCC(O)CN2CCN(c3ccc(F)cc3)CC2)cc1. The smallest absolute Gasteiger partial charge is 0.271 e. The van der Waals surface area contributed by atoms with Crippen LogP contribution in [0.1, 0.15) is 15.9 Å². The Labute approximate surface area is 220 Å². The summed E-state index contributed by atoms with van der Waals surface area (Å²) in [7, 11) is 0. The van der Waals surface area contributed by atoms with E-state index in [4.69, 9.17) is 4.74 Å². The van der Waals surface area contributed by atoms with Crippen LogP contribution < -0.4 is 15.1 Å². The maximum absolute atomic E-state index is 13.1. The molecule has 5 rings (SSSR count). The molecule has 196 valence electrons. The van der Waals surface area contributed by atoms with Gasteiger partial charge in [-0.25, -0.2) is 9.82 Å². The van der Waals surface area contributed by atoms with E-state index in [0.29, 0.717) is 17.9 Å². The van der Waals surface area contributed by atoms with Crippen LogP contribution in [0.15, 0.2) is 84.1 Å². The number of aliphatic hydroxyl groups excluding tert-OH is 1. The number of halogens is 1. The third kappa shape index (κ3) is 6.37. The van der Waals surface area contributed by atoms with E-state index in [9.17, 15) is 14.3 Å². The molecule has 8 nitrogen and oxygen atoms in total. The summed E-state index contributed by atoms with van der Waals surface area (Å²) in [5.41, 5.74) is 5.89. The minimum Gasteiger partial charge on any atom is -0.491 e. The van der Waals surface area contributed by atoms with E-state index in [0.717, 1.165) is 48.3 Å². The summed E-state index contributed by atoms with van der Waals surface area (Å²) in [6.07, 6.45) is 2.81. The molecule has 3 N–H and O–H groups in total. The highest BCUT2D eigenvalue weighted by Gasteiger charge is 2.20. The first-order valence-corrected chi connectivity index (χ1v) is 12.6. The number of H-pyrrole nitrogens is 1. The van der Waals surface area contributed by atoms with Gasteiger partial charge >= 0.3 is 0 Å². The fourth-order valence-electron chi connectivity index (χ4n) is 4.51. The van der Waals surface area contributed by atoms with Gasteiger partial charge in [0, 0.05) is 66.6 Å². The highest BCUT2D eigenvalue weighted by Crippen LogP contribution is 2.18. The Balaban J connectivity index is 1.04. The fraction of sp³-hybridized carbons (Fsp3) is 0.241. The number of benzene rings is 3. The lowest BCUT2D eigenvalue weighted by molar-refractivity contribution is 0.0663. The lowest BCUT2D eigenvalue weighted by Gasteiger charge is -2.36. The van der Waals surface area contributed by atoms with Crippen molar-refractivity contribution in [1.82, 2.24) is 15.3 Å². The van der Waals surface area contributed by atoms with E-state index in [1.54, 1.807) is 42.6 Å². The molecule has 1 aliphatic rings. The molecule has 38 heavy (non-hydrogen) atoms. The summed E-state index contributed by atoms with van der Waals surface area (Å²) >= 11 is 0. The molecule has 0 radical (unpaired) electrons. The zero-order chi connectivity index (χ0) is 26.3. The average molecular weight is 516 g/mol. The molecule has 1 aromatic heterocycles. The van der Waals surface area contributed by atoms with E-state index >= 15 is 0 Å². The quantitative estimate of drug-likeness (QED) is 0.234. The van der Waals surface area contributed by atoms with Crippen LogP contribution in [0.25, 0.3) is 10.9 Å². The number of hydrazone groups is 1. The number of nitrogens with one attached hydrogen (secondary N) is 2. The molecule has 1 atom stereocenters. The maximum Gasteiger partial charge on any atom is 0.271 e. The molecule has 0 aliphatic carbocycles. The predicted octanol–water partition coefficient (Wildman–Crippen LogP) is 3.63. The highest BCUT2D eigenvalue weighted by molar-refractivity contribution is 6.00. The van der Waals surface area contributed by atoms with Gasteiger partial charge in [0.1, 0.15) is 24.3 Å². The standard InChI is InChI=1S/C29H30FN5O3/c30-23-7-9-24(10-8-23)35-15-13-34(14-16-35)19-25(36)20-38-26-11-5-21(6-12-26)29(37)33-32-18-22-17-31-28-4-2-1-3-27(22)28/h1-12,17-18,25,31,36H,13-16,19-20H2,(H,33,37)/b32-18+. The number of aromatic amines is 1. The molecule has 3 aromatic carbocycles. The van der Waals surface area contributed by atoms with Crippen LogP contribution >= 0.6 is 0 Å². The zero-order valence-corrected chi connectivity index (χ0v) is 20.9. The number of rotatable bonds is 9. The van der Waals surface area contributed by atoms with Crippen molar-refractivity contribution in [2.75, 3.05) is 44.2 Å². The van der Waals surface area contributed by atoms with Gasteiger partial charge in [-0.1, -0.05) is 18.2 Å². The molecule has 0 saturated carbocycles. The van der Waals surface area contributed by atoms with Gasteiger partial charge < -0.3 is 19.7 Å². The molecular formula is C29H30FN5O3. The monoisotopic (exact) mass is 515 g/mol. The topological polar surface area (TPSA) is 93.2 Å². The number of aromatic nitrogens is 1. The van der Waals surface area contributed by atoms with Crippen molar-refractivity contribution >= 4 is 28.7 Å². The second-order valence-electron chi connectivity index (χ2n) is 9.24. The minimum absolute atomic E-state index is 0.151. The first-order chi connectivity index (χ1) is 18.5. The number of ether oxygens (including phenoxy) is 1. The summed E-state index contributed by atoms with van der Waals surface area (Å²) in [5.74, 6) is 0.0106. The molecule has 1 aliphatic heterocycles. The minimum atomic E-state index is -0.644. The van der Waals surface area contributed by atoms with Crippen molar-refractivity contribution in [2.45, 2.75) is 6.10 Å². The van der Waals surface area contributed by atoms with Gasteiger partial charge in [0.2, 0.25) is 0 Å². The Bertz CT molecular complexity index is 1380. The number of piperazine rings is 1. The second kappa shape index (κ2) is 11.9. The lowest BCUT2D eigenvalue weighted by atomic mass is 10.2. The van der Waals surface area contributed by atoms with Crippen molar-refractivity contribution in [3.8, 4) is 5.75 Å². The van der Waals surface area contributed by atoms with Gasteiger partial charge in [-0.05, 0) is 54.6 Å². The number of nitrogens with zero attached hydrogens (tertiary/aromatic N) is 3. The van der Waals surface area contributed by atoms with Crippen LogP contribution in [-0.4, -0.2) is 72.5 Å². The molecule has 1 fully saturated rings. The Hall–Kier alpha value is -4.21. The molecule has 0 bridgehead atoms. The van der Waals surface area contributed by atoms with Crippen LogP contribution in [-0.2, 0) is 0 Å². The van der Waals surface area contributed by atoms with E-state index in [1.165, 1.54) is 12.1 Å². The number of anilines is 1. The summed E-state index contributed by atoms with van der Waals surface area (Å²) in [4.78, 5) is 20.0. The largest absolute Gasteiger partial charge is 0.491 e. The van der Waals surface area contributed by atoms with E-state index in [-0.39, 0.29) is 18.3 Å². The molecule has 1 saturated heterocycles. The summed E-state index contributed by atoms with van der Waals surface area (Å²) in [6.45, 7) is 3.90. The molecule has 1 unspecified atom stereocenters. The predicted molar refractivity (Wildman–Crippen MR) is 146 cm³/mol. The Kier molecular flexibility index (Phi) is 7.96. The summed E-state index contributed by atoms with van der Waals surface area (Å²) < 4.78 is 18.9. The van der Waals surface area contributed by atoms with Crippen molar-refractivity contribution in [3.05, 3.63) is 95.9 Å². The Morgan fingerprint density at radius 2 is 1.79 bits per heavy atom. The first kappa shape index (κ1) is 25.4. The highest BCUT2D eigenvalue weighted by atomic mass is 19.1. The number of carbonyl (C=O) groups is 1. The van der Waals surface area contributed by atoms with Gasteiger partial charge in [-0.3, -0.25) is 9.69 Å². The second-order valence-corrected chi connectivity index (χ2v) is 9.24. The van der Waals surface area contributed by atoms with E-state index < -0.39 is 6.10 Å². The third-order valence-electron chi connectivity index (χ3n) is 6.58. The van der Waals surface area contributed by atoms with E-state index in [2.05, 4.69) is 25.3 Å². The number of fused-ring (bicyclic) bond motifs is 1. The maximum atomic E-state index is 13.1. The Morgan fingerprint density at radius 1 is 1.05 bits per heavy atom. The summed E-state index contributed by atoms with van der Waals surface area (Å²) in [5, 5.41) is 15.6. The number of carbonyl (C=O) groups excluding carboxylic acids is 1. The van der Waals surface area contributed by atoms with E-state index in [1.807, 2.05) is 30.5 Å². The molecular weight excluding hydrogens is 485 g/mol. The van der Waals surface area contributed by atoms with Crippen molar-refractivity contribution in [1.29, 1.82) is 0 Å². The molecule has 9 heteroatoms. The summed E-state index contributed by atoms with van der Waals surface area (Å²) in [6, 6.07) is 21.1. The molecule has 2 heterocycles. The van der Waals surface area contributed by atoms with Gasteiger partial charge in [-0.2, -0.15) is 5.10 Å². The van der Waals surface area contributed by atoms with Crippen LogP contribution in [0.3, 0.4) is 0 Å². The third-order valence-corrected chi connectivity index (χ3v) is 6.58. The number of aliphatic hydroxyl groups is 1. The lowest BCUT2D eigenvalue weighted by Crippen LogP contribution is -2.49. The average Bonchev–Trinajstić information content (AvgIpc) is 3.36. The number of amides is 1. The van der Waals surface area contributed by atoms with Gasteiger partial charge in [0.05, 0.1) is 6.21 Å². The van der Waals surface area contributed by atoms with Gasteiger partial charge in [-0.15, -0.1) is 0 Å². The van der Waals surface area contributed by atoms with Gasteiger partial charge in [0.25, 0.3) is 5.91 Å². The van der Waals surface area contributed by atoms with Crippen LogP contribution in [0.2, 0.25) is 0 Å². The van der Waals surface area contributed by atoms with Crippen molar-refractivity contribution in [2.24, 2.45) is 5.10 Å². The van der Waals surface area contributed by atoms with Crippen LogP contribution in [0.5, 0.6) is 5.75 Å². The number of para-hydroxylation sites is 1. The Morgan fingerprint density at radius 3 is 2.55 bits per heavy atom. The zero-order valence-electron chi connectivity index (χ0n) is 20.9. The number of hydrogen-bond donors (Lipinski definition) is 3. The number of β-amino-alcohol motifs (C(OH)–C–C–N with tert-alkyl or cyclic N) is 1. The van der Waals surface area contributed by atoms with Gasteiger partial charge in [0.15, 0.2) is 0 Å². The molecule has 1 amide bonds. The first-order valence-electron chi connectivity index (χ1n) is 12.6. The molecule has 0 spiro atoms. The fourth-order valence-corrected chi connectivity index (χ4v) is 4.51.